The second-order valence-corrected chi connectivity index (χ2v) is 6.09. The van der Waals surface area contributed by atoms with Crippen LogP contribution in [-0.4, -0.2) is 26.9 Å². The van der Waals surface area contributed by atoms with Gasteiger partial charge < -0.3 is 4.52 Å². The Morgan fingerprint density at radius 1 is 1.27 bits per heavy atom. The Kier molecular flexibility index (Phi) is 3.93. The Balaban J connectivity index is 1.87. The summed E-state index contributed by atoms with van der Waals surface area (Å²) < 4.78 is 7.10. The van der Waals surface area contributed by atoms with Crippen LogP contribution in [0.15, 0.2) is 22.7 Å². The number of aromatic nitrogens is 3. The summed E-state index contributed by atoms with van der Waals surface area (Å²) >= 11 is 6.36. The Morgan fingerprint density at radius 2 is 2.05 bits per heavy atom. The van der Waals surface area contributed by atoms with Gasteiger partial charge in [0.15, 0.2) is 0 Å². The normalized spacial score (nSPS) is 11.7. The number of benzene rings is 1. The van der Waals surface area contributed by atoms with Gasteiger partial charge >= 0.3 is 0 Å². The first-order valence-electron chi connectivity index (χ1n) is 7.17. The average molecular weight is 319 g/mol. The number of halogens is 1. The van der Waals surface area contributed by atoms with Crippen LogP contribution in [0.3, 0.4) is 0 Å². The molecule has 0 saturated heterocycles. The summed E-state index contributed by atoms with van der Waals surface area (Å²) in [5, 5.41) is 10.4. The summed E-state index contributed by atoms with van der Waals surface area (Å²) in [6, 6.07) is 5.89. The zero-order chi connectivity index (χ0) is 15.9. The zero-order valence-electron chi connectivity index (χ0n) is 13.2. The number of hydrogen-bond donors (Lipinski definition) is 0. The molecule has 0 unspecified atom stereocenters. The van der Waals surface area contributed by atoms with E-state index in [4.69, 9.17) is 16.1 Å². The fourth-order valence-corrected chi connectivity index (χ4v) is 3.05. The minimum atomic E-state index is 0.713. The molecule has 6 heteroatoms. The van der Waals surface area contributed by atoms with E-state index in [9.17, 15) is 0 Å². The van der Waals surface area contributed by atoms with E-state index >= 15 is 0 Å². The lowest BCUT2D eigenvalue weighted by atomic mass is 10.1. The van der Waals surface area contributed by atoms with Crippen LogP contribution >= 0.6 is 11.6 Å². The fraction of sp³-hybridized carbons (Fsp3) is 0.375. The SMILES string of the molecule is Cc1noc(C)c1CN(C)Cc1nn(C)c2cccc(Cl)c12. The van der Waals surface area contributed by atoms with Crippen LogP contribution in [0, 0.1) is 13.8 Å². The highest BCUT2D eigenvalue weighted by Crippen LogP contribution is 2.27. The summed E-state index contributed by atoms with van der Waals surface area (Å²) in [6.45, 7) is 5.39. The molecule has 116 valence electrons. The molecule has 3 aromatic rings. The molecule has 2 heterocycles. The second kappa shape index (κ2) is 5.74. The molecular weight excluding hydrogens is 300 g/mol. The number of fused-ring (bicyclic) bond motifs is 1. The molecule has 5 nitrogen and oxygen atoms in total. The van der Waals surface area contributed by atoms with Crippen molar-refractivity contribution >= 4 is 22.5 Å². The van der Waals surface area contributed by atoms with Crippen LogP contribution in [0.4, 0.5) is 0 Å². The van der Waals surface area contributed by atoms with Crippen LogP contribution in [-0.2, 0) is 20.1 Å². The van der Waals surface area contributed by atoms with Gasteiger partial charge in [-0.2, -0.15) is 5.10 Å². The molecule has 0 amide bonds. The molecule has 0 saturated carbocycles. The number of aryl methyl sites for hydroxylation is 3. The van der Waals surface area contributed by atoms with E-state index in [0.29, 0.717) is 6.54 Å². The number of rotatable bonds is 4. The molecule has 1 aromatic carbocycles. The van der Waals surface area contributed by atoms with Crippen molar-refractivity contribution in [3.8, 4) is 0 Å². The van der Waals surface area contributed by atoms with E-state index in [0.717, 1.165) is 45.2 Å². The zero-order valence-corrected chi connectivity index (χ0v) is 14.0. The first-order valence-corrected chi connectivity index (χ1v) is 7.55. The van der Waals surface area contributed by atoms with Gasteiger partial charge in [-0.25, -0.2) is 0 Å². The van der Waals surface area contributed by atoms with Crippen molar-refractivity contribution in [2.75, 3.05) is 7.05 Å². The van der Waals surface area contributed by atoms with Gasteiger partial charge in [0.1, 0.15) is 5.76 Å². The molecule has 0 aliphatic heterocycles. The van der Waals surface area contributed by atoms with Gasteiger partial charge in [0.25, 0.3) is 0 Å². The van der Waals surface area contributed by atoms with Crippen LogP contribution in [0.25, 0.3) is 10.9 Å². The van der Waals surface area contributed by atoms with E-state index in [1.807, 2.05) is 43.8 Å². The first kappa shape index (κ1) is 15.1. The summed E-state index contributed by atoms with van der Waals surface area (Å²) in [7, 11) is 4.00. The molecule has 0 spiro atoms. The highest BCUT2D eigenvalue weighted by Gasteiger charge is 2.16. The van der Waals surface area contributed by atoms with E-state index in [1.165, 1.54) is 0 Å². The Labute approximate surface area is 134 Å². The number of hydrogen-bond acceptors (Lipinski definition) is 4. The lowest BCUT2D eigenvalue weighted by Crippen LogP contribution is -2.18. The predicted octanol–water partition coefficient (Wildman–Crippen LogP) is 3.46. The van der Waals surface area contributed by atoms with Gasteiger partial charge in [-0.05, 0) is 33.0 Å². The topological polar surface area (TPSA) is 47.1 Å². The summed E-state index contributed by atoms with van der Waals surface area (Å²) in [5.74, 6) is 0.869. The van der Waals surface area contributed by atoms with E-state index in [2.05, 4.69) is 22.2 Å². The van der Waals surface area contributed by atoms with Crippen LogP contribution in [0.5, 0.6) is 0 Å². The molecule has 0 aliphatic rings. The second-order valence-electron chi connectivity index (χ2n) is 5.68. The van der Waals surface area contributed by atoms with E-state index < -0.39 is 0 Å². The molecule has 0 fully saturated rings. The van der Waals surface area contributed by atoms with Crippen molar-refractivity contribution in [2.24, 2.45) is 7.05 Å². The highest BCUT2D eigenvalue weighted by atomic mass is 35.5. The Bertz CT molecular complexity index is 802. The van der Waals surface area contributed by atoms with Crippen molar-refractivity contribution in [3.05, 3.63) is 45.9 Å². The summed E-state index contributed by atoms with van der Waals surface area (Å²) in [6.07, 6.45) is 0. The van der Waals surface area contributed by atoms with E-state index in [1.54, 1.807) is 0 Å². The largest absolute Gasteiger partial charge is 0.361 e. The third-order valence-electron chi connectivity index (χ3n) is 3.93. The molecular formula is C16H19ClN4O. The van der Waals surface area contributed by atoms with Gasteiger partial charge in [-0.1, -0.05) is 22.8 Å². The Hall–Kier alpha value is -1.85. The smallest absolute Gasteiger partial charge is 0.138 e. The third kappa shape index (κ3) is 2.62. The van der Waals surface area contributed by atoms with Gasteiger partial charge in [0.2, 0.25) is 0 Å². The molecule has 3 rings (SSSR count). The van der Waals surface area contributed by atoms with Gasteiger partial charge in [-0.15, -0.1) is 0 Å². The predicted molar refractivity (Wildman–Crippen MR) is 86.9 cm³/mol. The quantitative estimate of drug-likeness (QED) is 0.739. The lowest BCUT2D eigenvalue weighted by Gasteiger charge is -2.15. The van der Waals surface area contributed by atoms with Crippen LogP contribution in [0.1, 0.15) is 22.7 Å². The highest BCUT2D eigenvalue weighted by molar-refractivity contribution is 6.35. The lowest BCUT2D eigenvalue weighted by molar-refractivity contribution is 0.311. The monoisotopic (exact) mass is 318 g/mol. The van der Waals surface area contributed by atoms with Gasteiger partial charge in [0, 0.05) is 31.1 Å². The van der Waals surface area contributed by atoms with Crippen LogP contribution < -0.4 is 0 Å². The molecule has 0 aliphatic carbocycles. The molecule has 0 bridgehead atoms. The third-order valence-corrected chi connectivity index (χ3v) is 4.24. The maximum absolute atomic E-state index is 6.36. The first-order chi connectivity index (χ1) is 10.5. The van der Waals surface area contributed by atoms with E-state index in [-0.39, 0.29) is 0 Å². The van der Waals surface area contributed by atoms with Gasteiger partial charge in [0.05, 0.1) is 21.9 Å². The molecule has 0 atom stereocenters. The van der Waals surface area contributed by atoms with Crippen molar-refractivity contribution in [1.82, 2.24) is 19.8 Å². The van der Waals surface area contributed by atoms with Crippen molar-refractivity contribution in [1.29, 1.82) is 0 Å². The maximum atomic E-state index is 6.36. The average Bonchev–Trinajstić information content (AvgIpc) is 2.95. The molecule has 0 N–H and O–H groups in total. The van der Waals surface area contributed by atoms with Crippen molar-refractivity contribution < 1.29 is 4.52 Å². The minimum absolute atomic E-state index is 0.713. The van der Waals surface area contributed by atoms with Gasteiger partial charge in [-0.3, -0.25) is 9.58 Å². The number of nitrogens with zero attached hydrogens (tertiary/aromatic N) is 4. The Morgan fingerprint density at radius 3 is 2.73 bits per heavy atom. The maximum Gasteiger partial charge on any atom is 0.138 e. The fourth-order valence-electron chi connectivity index (χ4n) is 2.77. The molecule has 22 heavy (non-hydrogen) atoms. The summed E-state index contributed by atoms with van der Waals surface area (Å²) in [5.41, 5.74) is 4.10. The molecule has 2 aromatic heterocycles. The van der Waals surface area contributed by atoms with Crippen LogP contribution in [0.2, 0.25) is 5.02 Å². The summed E-state index contributed by atoms with van der Waals surface area (Å²) in [4.78, 5) is 2.19. The molecule has 0 radical (unpaired) electrons. The van der Waals surface area contributed by atoms with Crippen molar-refractivity contribution in [3.63, 3.8) is 0 Å². The van der Waals surface area contributed by atoms with Crippen molar-refractivity contribution in [2.45, 2.75) is 26.9 Å². The minimum Gasteiger partial charge on any atom is -0.361 e. The standard InChI is InChI=1S/C16H19ClN4O/c1-10-12(11(2)22-19-10)8-20(3)9-14-16-13(17)6-5-7-15(16)21(4)18-14/h5-7H,8-9H2,1-4H3.